The summed E-state index contributed by atoms with van der Waals surface area (Å²) in [6, 6.07) is 0. The number of halogens is 3. The van der Waals surface area contributed by atoms with Gasteiger partial charge in [-0.25, -0.2) is 0 Å². The number of hydrogen-bond acceptors (Lipinski definition) is 4. The molecule has 0 aromatic carbocycles. The summed E-state index contributed by atoms with van der Waals surface area (Å²) in [5, 5.41) is 1.62. The van der Waals surface area contributed by atoms with Gasteiger partial charge in [0.15, 0.2) is 0 Å². The molecule has 1 aliphatic rings. The summed E-state index contributed by atoms with van der Waals surface area (Å²) in [5.74, 6) is -2.96. The largest absolute Gasteiger partial charge is 0.471 e. The molecule has 0 radical (unpaired) electrons. The zero-order chi connectivity index (χ0) is 14.5. The van der Waals surface area contributed by atoms with E-state index in [-0.39, 0.29) is 26.3 Å². The Kier molecular flexibility index (Phi) is 5.04. The number of nitrogens with zero attached hydrogens (tertiary/aromatic N) is 1. The summed E-state index contributed by atoms with van der Waals surface area (Å²) in [7, 11) is 0. The van der Waals surface area contributed by atoms with E-state index in [0.717, 1.165) is 17.1 Å². The van der Waals surface area contributed by atoms with Crippen LogP contribution in [0.3, 0.4) is 0 Å². The number of amides is 3. The van der Waals surface area contributed by atoms with Gasteiger partial charge in [-0.3, -0.25) is 19.3 Å². The van der Waals surface area contributed by atoms with E-state index in [2.05, 4.69) is 0 Å². The van der Waals surface area contributed by atoms with Crippen LogP contribution < -0.4 is 5.32 Å². The molecule has 6 nitrogen and oxygen atoms in total. The molecule has 0 atom stereocenters. The van der Waals surface area contributed by atoms with Crippen LogP contribution in [0.2, 0.25) is 0 Å². The fourth-order valence-corrected chi connectivity index (χ4v) is 1.25. The molecule has 0 spiro atoms. The third-order valence-electron chi connectivity index (χ3n) is 2.15. The third-order valence-corrected chi connectivity index (χ3v) is 2.15. The van der Waals surface area contributed by atoms with Crippen LogP contribution in [0.15, 0.2) is 12.2 Å². The lowest BCUT2D eigenvalue weighted by molar-refractivity contribution is -0.173. The Hall–Kier alpha value is -1.90. The molecule has 1 heterocycles. The number of carbonyl (C=O) groups is 3. The van der Waals surface area contributed by atoms with Crippen LogP contribution in [0.1, 0.15) is 0 Å². The molecule has 1 rings (SSSR count). The van der Waals surface area contributed by atoms with Crippen LogP contribution >= 0.6 is 0 Å². The monoisotopic (exact) mass is 280 g/mol. The molecule has 3 amide bonds. The molecule has 0 bridgehead atoms. The fraction of sp³-hybridized carbons (Fsp3) is 0.500. The molecule has 0 aromatic heterocycles. The van der Waals surface area contributed by atoms with Gasteiger partial charge in [0, 0.05) is 18.7 Å². The molecule has 1 aliphatic heterocycles. The number of alkyl halides is 3. The Bertz CT molecular complexity index is 388. The maximum atomic E-state index is 11.8. The second-order valence-corrected chi connectivity index (χ2v) is 3.53. The smallest absolute Gasteiger partial charge is 0.378 e. The predicted octanol–water partition coefficient (Wildman–Crippen LogP) is -0.393. The van der Waals surface area contributed by atoms with Crippen LogP contribution in [0.5, 0.6) is 0 Å². The molecule has 106 valence electrons. The number of hydrogen-bond donors (Lipinski definition) is 1. The summed E-state index contributed by atoms with van der Waals surface area (Å²) in [6.07, 6.45) is -2.68. The summed E-state index contributed by atoms with van der Waals surface area (Å²) < 4.78 is 40.2. The maximum Gasteiger partial charge on any atom is 0.471 e. The first-order valence-corrected chi connectivity index (χ1v) is 5.28. The normalized spacial score (nSPS) is 15.2. The lowest BCUT2D eigenvalue weighted by Gasteiger charge is -2.13. The molecule has 19 heavy (non-hydrogen) atoms. The van der Waals surface area contributed by atoms with E-state index in [9.17, 15) is 27.6 Å². The number of imide groups is 1. The fourth-order valence-electron chi connectivity index (χ4n) is 1.25. The average molecular weight is 280 g/mol. The Morgan fingerprint density at radius 3 is 2.32 bits per heavy atom. The highest BCUT2D eigenvalue weighted by atomic mass is 19.4. The molecular weight excluding hydrogens is 269 g/mol. The van der Waals surface area contributed by atoms with Gasteiger partial charge in [-0.2, -0.15) is 13.2 Å². The summed E-state index contributed by atoms with van der Waals surface area (Å²) in [6.45, 7) is -0.455. The first kappa shape index (κ1) is 15.2. The maximum absolute atomic E-state index is 11.8. The number of carbonyl (C=O) groups excluding carboxylic acids is 3. The van der Waals surface area contributed by atoms with Gasteiger partial charge in [-0.05, 0) is 0 Å². The lowest BCUT2D eigenvalue weighted by atomic mass is 10.5. The standard InChI is InChI=1S/C10H11F3N2O4/c11-10(12,13)9(18)14-3-5-19-6-4-15-7(16)1-2-8(15)17/h1-2H,3-6H2,(H,14,18). The van der Waals surface area contributed by atoms with Crippen LogP contribution in [0, 0.1) is 0 Å². The molecule has 0 aromatic rings. The van der Waals surface area contributed by atoms with Gasteiger partial charge in [0.1, 0.15) is 0 Å². The van der Waals surface area contributed by atoms with E-state index in [4.69, 9.17) is 4.74 Å². The lowest BCUT2D eigenvalue weighted by Crippen LogP contribution is -2.39. The topological polar surface area (TPSA) is 75.7 Å². The van der Waals surface area contributed by atoms with E-state index < -0.39 is 23.9 Å². The molecule has 1 N–H and O–H groups in total. The molecule has 0 saturated heterocycles. The second kappa shape index (κ2) is 6.32. The van der Waals surface area contributed by atoms with Crippen molar-refractivity contribution in [3.63, 3.8) is 0 Å². The van der Waals surface area contributed by atoms with Gasteiger partial charge < -0.3 is 10.1 Å². The zero-order valence-electron chi connectivity index (χ0n) is 9.70. The van der Waals surface area contributed by atoms with Crippen molar-refractivity contribution in [2.45, 2.75) is 6.18 Å². The van der Waals surface area contributed by atoms with Gasteiger partial charge in [0.25, 0.3) is 11.8 Å². The van der Waals surface area contributed by atoms with Crippen LogP contribution in [-0.4, -0.2) is 55.1 Å². The van der Waals surface area contributed by atoms with Crippen molar-refractivity contribution < 1.29 is 32.3 Å². The highest BCUT2D eigenvalue weighted by molar-refractivity contribution is 6.12. The Morgan fingerprint density at radius 2 is 1.79 bits per heavy atom. The van der Waals surface area contributed by atoms with Crippen molar-refractivity contribution in [1.82, 2.24) is 10.2 Å². The molecular formula is C10H11F3N2O4. The SMILES string of the molecule is O=C1C=CC(=O)N1CCOCCNC(=O)C(F)(F)F. The zero-order valence-corrected chi connectivity index (χ0v) is 9.70. The summed E-state index contributed by atoms with van der Waals surface area (Å²) in [5.41, 5.74) is 0. The van der Waals surface area contributed by atoms with Crippen LogP contribution in [0.25, 0.3) is 0 Å². The molecule has 0 unspecified atom stereocenters. The Labute approximate surface area is 106 Å². The first-order chi connectivity index (χ1) is 8.82. The van der Waals surface area contributed by atoms with E-state index in [1.807, 2.05) is 0 Å². The van der Waals surface area contributed by atoms with Gasteiger partial charge >= 0.3 is 12.1 Å². The molecule has 0 aliphatic carbocycles. The van der Waals surface area contributed by atoms with Crippen LogP contribution in [0.4, 0.5) is 13.2 Å². The minimum Gasteiger partial charge on any atom is -0.378 e. The van der Waals surface area contributed by atoms with Crippen molar-refractivity contribution in [1.29, 1.82) is 0 Å². The molecule has 9 heteroatoms. The van der Waals surface area contributed by atoms with Crippen molar-refractivity contribution in [2.24, 2.45) is 0 Å². The molecule has 0 saturated carbocycles. The van der Waals surface area contributed by atoms with Crippen LogP contribution in [-0.2, 0) is 19.1 Å². The van der Waals surface area contributed by atoms with E-state index in [1.54, 1.807) is 5.32 Å². The highest BCUT2D eigenvalue weighted by Gasteiger charge is 2.38. The van der Waals surface area contributed by atoms with Crippen molar-refractivity contribution in [3.8, 4) is 0 Å². The number of nitrogens with one attached hydrogen (secondary N) is 1. The summed E-state index contributed by atoms with van der Waals surface area (Å²) in [4.78, 5) is 33.5. The Morgan fingerprint density at radius 1 is 1.21 bits per heavy atom. The minimum atomic E-state index is -4.92. The van der Waals surface area contributed by atoms with E-state index in [1.165, 1.54) is 0 Å². The van der Waals surface area contributed by atoms with Crippen molar-refractivity contribution >= 4 is 17.7 Å². The second-order valence-electron chi connectivity index (χ2n) is 3.53. The number of rotatable bonds is 6. The van der Waals surface area contributed by atoms with Crippen molar-refractivity contribution in [3.05, 3.63) is 12.2 Å². The van der Waals surface area contributed by atoms with Gasteiger partial charge in [-0.1, -0.05) is 0 Å². The first-order valence-electron chi connectivity index (χ1n) is 5.28. The quantitative estimate of drug-likeness (QED) is 0.531. The predicted molar refractivity (Wildman–Crippen MR) is 55.7 cm³/mol. The highest BCUT2D eigenvalue weighted by Crippen LogP contribution is 2.13. The third kappa shape index (κ3) is 4.70. The average Bonchev–Trinajstić information content (AvgIpc) is 2.63. The minimum absolute atomic E-state index is 0.0118. The van der Waals surface area contributed by atoms with Gasteiger partial charge in [-0.15, -0.1) is 0 Å². The Balaban J connectivity index is 2.08. The van der Waals surface area contributed by atoms with Crippen molar-refractivity contribution in [2.75, 3.05) is 26.3 Å². The summed E-state index contributed by atoms with van der Waals surface area (Å²) >= 11 is 0. The molecule has 0 fully saturated rings. The van der Waals surface area contributed by atoms with E-state index in [0.29, 0.717) is 0 Å². The van der Waals surface area contributed by atoms with Gasteiger partial charge in [0.05, 0.1) is 19.8 Å². The van der Waals surface area contributed by atoms with Gasteiger partial charge in [0.2, 0.25) is 0 Å². The number of ether oxygens (including phenoxy) is 1. The van der Waals surface area contributed by atoms with E-state index >= 15 is 0 Å².